The number of aliphatic hydroxyl groups excluding tert-OH is 1. The number of benzene rings is 3. The van der Waals surface area contributed by atoms with Crippen molar-refractivity contribution in [3.8, 4) is 11.5 Å². The number of ether oxygens (including phenoxy) is 2. The molecule has 0 bridgehead atoms. The first-order valence-corrected chi connectivity index (χ1v) is 12.9. The number of aryl methyl sites for hydroxylation is 1. The molecule has 1 aliphatic carbocycles. The number of aldehydes is 1. The Morgan fingerprint density at radius 1 is 1.13 bits per heavy atom. The van der Waals surface area contributed by atoms with Gasteiger partial charge in [0.1, 0.15) is 22.9 Å². The maximum Gasteiger partial charge on any atom is 0.410 e. The Balaban J connectivity index is 1.56. The number of nitrogens with zero attached hydrogens (tertiary/aromatic N) is 1. The Labute approximate surface area is 226 Å². The molecule has 0 saturated heterocycles. The second-order valence-corrected chi connectivity index (χ2v) is 10.9. The summed E-state index contributed by atoms with van der Waals surface area (Å²) in [5.41, 5.74) is 1.99. The molecular formula is C30H31ClFNO5. The van der Waals surface area contributed by atoms with Crippen molar-refractivity contribution < 1.29 is 28.6 Å². The minimum atomic E-state index is -0.942. The molecule has 1 amide bonds. The van der Waals surface area contributed by atoms with Crippen LogP contribution in [0.25, 0.3) is 0 Å². The van der Waals surface area contributed by atoms with Gasteiger partial charge in [-0.05, 0) is 99.2 Å². The number of hydrogen-bond donors (Lipinski definition) is 1. The second kappa shape index (κ2) is 11.5. The van der Waals surface area contributed by atoms with Gasteiger partial charge in [0.15, 0.2) is 6.29 Å². The molecule has 8 heteroatoms. The normalized spacial score (nSPS) is 15.8. The SMILES string of the molecule is CC(C)(C)OC(=O)N(C[C@@H](O)c1cccc(Cl)c1)[C@H]1CCc2ccc(Oc3ccc(F)c(C=O)c3)cc2C1. The summed E-state index contributed by atoms with van der Waals surface area (Å²) in [4.78, 5) is 26.0. The van der Waals surface area contributed by atoms with Crippen LogP contribution in [0.4, 0.5) is 9.18 Å². The van der Waals surface area contributed by atoms with Crippen LogP contribution in [0.3, 0.4) is 0 Å². The second-order valence-electron chi connectivity index (χ2n) is 10.4. The molecule has 1 N–H and O–H groups in total. The highest BCUT2D eigenvalue weighted by Gasteiger charge is 2.33. The summed E-state index contributed by atoms with van der Waals surface area (Å²) in [6, 6.07) is 16.4. The fourth-order valence-electron chi connectivity index (χ4n) is 4.55. The summed E-state index contributed by atoms with van der Waals surface area (Å²) in [6.07, 6.45) is 0.989. The van der Waals surface area contributed by atoms with Gasteiger partial charge in [-0.3, -0.25) is 4.79 Å². The molecular weight excluding hydrogens is 509 g/mol. The topological polar surface area (TPSA) is 76.1 Å². The lowest BCUT2D eigenvalue weighted by Gasteiger charge is -2.37. The maximum absolute atomic E-state index is 13.7. The number of rotatable bonds is 7. The summed E-state index contributed by atoms with van der Waals surface area (Å²) in [6.45, 7) is 5.47. The number of hydrogen-bond acceptors (Lipinski definition) is 5. The van der Waals surface area contributed by atoms with Crippen LogP contribution >= 0.6 is 11.6 Å². The van der Waals surface area contributed by atoms with E-state index < -0.39 is 23.6 Å². The highest BCUT2D eigenvalue weighted by atomic mass is 35.5. The van der Waals surface area contributed by atoms with E-state index in [4.69, 9.17) is 21.1 Å². The molecule has 3 aromatic rings. The van der Waals surface area contributed by atoms with Gasteiger partial charge in [0.25, 0.3) is 0 Å². The predicted molar refractivity (Wildman–Crippen MR) is 143 cm³/mol. The Hall–Kier alpha value is -3.42. The molecule has 0 heterocycles. The molecule has 6 nitrogen and oxygen atoms in total. The third-order valence-electron chi connectivity index (χ3n) is 6.38. The van der Waals surface area contributed by atoms with Gasteiger partial charge >= 0.3 is 6.09 Å². The number of aliphatic hydroxyl groups is 1. The van der Waals surface area contributed by atoms with Gasteiger partial charge < -0.3 is 19.5 Å². The number of carbonyl (C=O) groups is 2. The summed E-state index contributed by atoms with van der Waals surface area (Å²) >= 11 is 6.11. The van der Waals surface area contributed by atoms with Crippen molar-refractivity contribution in [1.29, 1.82) is 0 Å². The van der Waals surface area contributed by atoms with Crippen LogP contribution in [0.2, 0.25) is 5.02 Å². The standard InChI is InChI=1S/C30H31ClFNO5/c1-30(2,3)38-29(36)33(17-28(35)20-5-4-6-23(31)13-20)24-9-7-19-8-10-25(15-21(19)14-24)37-26-11-12-27(32)22(16-26)18-34/h4-6,8,10-13,15-16,18,24,28,35H,7,9,14,17H2,1-3H3/t24-,28+/m0/s1. The van der Waals surface area contributed by atoms with Gasteiger partial charge in [0.2, 0.25) is 0 Å². The average molecular weight is 540 g/mol. The fraction of sp³-hybridized carbons (Fsp3) is 0.333. The molecule has 0 unspecified atom stereocenters. The smallest absolute Gasteiger partial charge is 0.410 e. The molecule has 38 heavy (non-hydrogen) atoms. The monoisotopic (exact) mass is 539 g/mol. The molecule has 200 valence electrons. The lowest BCUT2D eigenvalue weighted by molar-refractivity contribution is 0.00195. The highest BCUT2D eigenvalue weighted by molar-refractivity contribution is 6.30. The number of halogens is 2. The van der Waals surface area contributed by atoms with Gasteiger partial charge in [-0.15, -0.1) is 0 Å². The van der Waals surface area contributed by atoms with E-state index in [0.29, 0.717) is 41.2 Å². The third kappa shape index (κ3) is 6.91. The van der Waals surface area contributed by atoms with Gasteiger partial charge in [-0.2, -0.15) is 0 Å². The third-order valence-corrected chi connectivity index (χ3v) is 6.62. The lowest BCUT2D eigenvalue weighted by Crippen LogP contribution is -2.47. The molecule has 1 aliphatic rings. The molecule has 2 atom stereocenters. The minimum Gasteiger partial charge on any atom is -0.457 e. The molecule has 4 rings (SSSR count). The lowest BCUT2D eigenvalue weighted by atomic mass is 9.87. The van der Waals surface area contributed by atoms with Crippen molar-refractivity contribution in [1.82, 2.24) is 4.90 Å². The van der Waals surface area contributed by atoms with E-state index in [-0.39, 0.29) is 18.2 Å². The summed E-state index contributed by atoms with van der Waals surface area (Å²) in [7, 11) is 0. The van der Waals surface area contributed by atoms with E-state index in [9.17, 15) is 19.1 Å². The maximum atomic E-state index is 13.7. The van der Waals surface area contributed by atoms with Gasteiger partial charge in [-0.25, -0.2) is 9.18 Å². The van der Waals surface area contributed by atoms with Crippen molar-refractivity contribution in [2.75, 3.05) is 6.54 Å². The van der Waals surface area contributed by atoms with Crippen LogP contribution in [0.1, 0.15) is 60.3 Å². The van der Waals surface area contributed by atoms with Crippen molar-refractivity contribution in [3.05, 3.63) is 93.8 Å². The molecule has 0 saturated carbocycles. The molecule has 0 fully saturated rings. The van der Waals surface area contributed by atoms with Crippen LogP contribution in [-0.2, 0) is 17.6 Å². The van der Waals surface area contributed by atoms with Crippen LogP contribution in [0, 0.1) is 5.82 Å². The van der Waals surface area contributed by atoms with E-state index in [2.05, 4.69) is 0 Å². The fourth-order valence-corrected chi connectivity index (χ4v) is 4.75. The van der Waals surface area contributed by atoms with Crippen LogP contribution in [0.5, 0.6) is 11.5 Å². The van der Waals surface area contributed by atoms with E-state index in [1.54, 1.807) is 29.2 Å². The highest BCUT2D eigenvalue weighted by Crippen LogP contribution is 2.32. The van der Waals surface area contributed by atoms with Crippen molar-refractivity contribution in [2.45, 2.75) is 57.8 Å². The first-order chi connectivity index (χ1) is 18.0. The molecule has 0 radical (unpaired) electrons. The van der Waals surface area contributed by atoms with Gasteiger partial charge in [0.05, 0.1) is 18.2 Å². The Morgan fingerprint density at radius 2 is 1.87 bits per heavy atom. The van der Waals surface area contributed by atoms with E-state index in [0.717, 1.165) is 17.5 Å². The Morgan fingerprint density at radius 3 is 2.58 bits per heavy atom. The zero-order valence-corrected chi connectivity index (χ0v) is 22.4. The quantitative estimate of drug-likeness (QED) is 0.330. The molecule has 0 spiro atoms. The summed E-state index contributed by atoms with van der Waals surface area (Å²) in [5.74, 6) is 0.277. The predicted octanol–water partition coefficient (Wildman–Crippen LogP) is 6.91. The number of amides is 1. The van der Waals surface area contributed by atoms with Crippen LogP contribution in [-0.4, -0.2) is 40.6 Å². The zero-order chi connectivity index (χ0) is 27.4. The van der Waals surface area contributed by atoms with E-state index >= 15 is 0 Å². The largest absolute Gasteiger partial charge is 0.457 e. The number of fused-ring (bicyclic) bond motifs is 1. The van der Waals surface area contributed by atoms with E-state index in [1.807, 2.05) is 39.0 Å². The molecule has 0 aromatic heterocycles. The molecule has 0 aliphatic heterocycles. The first kappa shape index (κ1) is 27.6. The Kier molecular flexibility index (Phi) is 8.38. The van der Waals surface area contributed by atoms with Gasteiger partial charge in [-0.1, -0.05) is 29.8 Å². The Bertz CT molecular complexity index is 1320. The van der Waals surface area contributed by atoms with Crippen LogP contribution in [0.15, 0.2) is 60.7 Å². The van der Waals surface area contributed by atoms with E-state index in [1.165, 1.54) is 18.2 Å². The van der Waals surface area contributed by atoms with Crippen LogP contribution < -0.4 is 4.74 Å². The summed E-state index contributed by atoms with van der Waals surface area (Å²) < 4.78 is 25.3. The zero-order valence-electron chi connectivity index (χ0n) is 21.6. The summed E-state index contributed by atoms with van der Waals surface area (Å²) in [5, 5.41) is 11.5. The average Bonchev–Trinajstić information content (AvgIpc) is 2.86. The van der Waals surface area contributed by atoms with Gasteiger partial charge in [0, 0.05) is 11.1 Å². The van der Waals surface area contributed by atoms with Crippen molar-refractivity contribution in [2.24, 2.45) is 0 Å². The number of carbonyl (C=O) groups excluding carboxylic acids is 2. The first-order valence-electron chi connectivity index (χ1n) is 12.5. The minimum absolute atomic E-state index is 0.0511. The molecule has 3 aromatic carbocycles. The van der Waals surface area contributed by atoms with Crippen molar-refractivity contribution >= 4 is 24.0 Å². The van der Waals surface area contributed by atoms with Crippen molar-refractivity contribution in [3.63, 3.8) is 0 Å².